The molecule has 0 saturated carbocycles. The number of rotatable bonds is 5. The molecule has 0 aliphatic carbocycles. The van der Waals surface area contributed by atoms with E-state index in [1.165, 1.54) is 16.7 Å². The minimum Gasteiger partial charge on any atom is -0.496 e. The van der Waals surface area contributed by atoms with E-state index >= 15 is 0 Å². The summed E-state index contributed by atoms with van der Waals surface area (Å²) in [6.45, 7) is 7.32. The molecule has 2 heteroatoms. The zero-order chi connectivity index (χ0) is 14.5. The predicted molar refractivity (Wildman–Crippen MR) is 85.1 cm³/mol. The van der Waals surface area contributed by atoms with Crippen molar-refractivity contribution in [2.75, 3.05) is 7.11 Å². The molecule has 0 radical (unpaired) electrons. The molecule has 2 nitrogen and oxygen atoms in total. The summed E-state index contributed by atoms with van der Waals surface area (Å²) in [7, 11) is 1.72. The normalized spacial score (nSPS) is 10.8. The molecule has 0 aromatic heterocycles. The summed E-state index contributed by atoms with van der Waals surface area (Å²) < 4.78 is 5.45. The molecule has 0 saturated heterocycles. The minimum atomic E-state index is 0.506. The summed E-state index contributed by atoms with van der Waals surface area (Å²) in [4.78, 5) is 0. The van der Waals surface area contributed by atoms with Crippen LogP contribution in [-0.4, -0.2) is 13.2 Å². The molecule has 2 rings (SSSR count). The highest BCUT2D eigenvalue weighted by Gasteiger charge is 2.06. The maximum Gasteiger partial charge on any atom is 0.126 e. The lowest BCUT2D eigenvalue weighted by Crippen LogP contribution is -2.21. The lowest BCUT2D eigenvalue weighted by Gasteiger charge is -2.11. The van der Waals surface area contributed by atoms with Crippen molar-refractivity contribution in [3.05, 3.63) is 53.6 Å². The molecule has 0 fully saturated rings. The minimum absolute atomic E-state index is 0.506. The topological polar surface area (TPSA) is 21.3 Å². The van der Waals surface area contributed by atoms with E-state index in [9.17, 15) is 0 Å². The van der Waals surface area contributed by atoms with Crippen LogP contribution in [0.5, 0.6) is 5.75 Å². The van der Waals surface area contributed by atoms with Crippen molar-refractivity contribution in [3.8, 4) is 16.9 Å². The monoisotopic (exact) mass is 269 g/mol. The van der Waals surface area contributed by atoms with Crippen LogP contribution in [0.2, 0.25) is 0 Å². The van der Waals surface area contributed by atoms with Crippen LogP contribution < -0.4 is 10.1 Å². The third-order valence-corrected chi connectivity index (χ3v) is 3.33. The van der Waals surface area contributed by atoms with Gasteiger partial charge in [0.2, 0.25) is 0 Å². The molecule has 20 heavy (non-hydrogen) atoms. The second kappa shape index (κ2) is 6.58. The molecule has 0 atom stereocenters. The highest BCUT2D eigenvalue weighted by molar-refractivity contribution is 5.71. The van der Waals surface area contributed by atoms with E-state index in [0.717, 1.165) is 17.9 Å². The Morgan fingerprint density at radius 1 is 1.05 bits per heavy atom. The van der Waals surface area contributed by atoms with Crippen LogP contribution in [-0.2, 0) is 6.54 Å². The SMILES string of the molecule is COc1ccc(C)cc1-c1ccc(CNC(C)C)cc1. The van der Waals surface area contributed by atoms with Gasteiger partial charge in [0, 0.05) is 18.2 Å². The average Bonchev–Trinajstić information content (AvgIpc) is 2.45. The number of benzene rings is 2. The van der Waals surface area contributed by atoms with Gasteiger partial charge in [0.05, 0.1) is 7.11 Å². The summed E-state index contributed by atoms with van der Waals surface area (Å²) in [5.41, 5.74) is 4.88. The summed E-state index contributed by atoms with van der Waals surface area (Å²) >= 11 is 0. The number of hydrogen-bond acceptors (Lipinski definition) is 2. The second-order valence-corrected chi connectivity index (χ2v) is 5.44. The molecule has 0 heterocycles. The van der Waals surface area contributed by atoms with Gasteiger partial charge in [0.25, 0.3) is 0 Å². The first-order valence-electron chi connectivity index (χ1n) is 7.07. The number of aryl methyl sites for hydroxylation is 1. The largest absolute Gasteiger partial charge is 0.496 e. The van der Waals surface area contributed by atoms with Crippen molar-refractivity contribution >= 4 is 0 Å². The Kier molecular flexibility index (Phi) is 4.80. The van der Waals surface area contributed by atoms with E-state index < -0.39 is 0 Å². The number of hydrogen-bond donors (Lipinski definition) is 1. The van der Waals surface area contributed by atoms with Crippen LogP contribution in [0.4, 0.5) is 0 Å². The van der Waals surface area contributed by atoms with Crippen molar-refractivity contribution in [1.82, 2.24) is 5.32 Å². The fourth-order valence-corrected chi connectivity index (χ4v) is 2.17. The van der Waals surface area contributed by atoms with E-state index in [1.54, 1.807) is 7.11 Å². The lowest BCUT2D eigenvalue weighted by atomic mass is 10.0. The van der Waals surface area contributed by atoms with Crippen LogP contribution in [0.3, 0.4) is 0 Å². The molecular weight excluding hydrogens is 246 g/mol. The Labute approximate surface area is 121 Å². The van der Waals surface area contributed by atoms with Gasteiger partial charge in [-0.3, -0.25) is 0 Å². The highest BCUT2D eigenvalue weighted by Crippen LogP contribution is 2.30. The molecule has 0 amide bonds. The van der Waals surface area contributed by atoms with Crippen LogP contribution in [0.25, 0.3) is 11.1 Å². The smallest absolute Gasteiger partial charge is 0.126 e. The first-order chi connectivity index (χ1) is 9.60. The van der Waals surface area contributed by atoms with Gasteiger partial charge < -0.3 is 10.1 Å². The van der Waals surface area contributed by atoms with Gasteiger partial charge in [-0.15, -0.1) is 0 Å². The Balaban J connectivity index is 2.23. The van der Waals surface area contributed by atoms with Gasteiger partial charge in [-0.1, -0.05) is 49.7 Å². The lowest BCUT2D eigenvalue weighted by molar-refractivity contribution is 0.416. The van der Waals surface area contributed by atoms with E-state index in [2.05, 4.69) is 62.5 Å². The summed E-state index contributed by atoms with van der Waals surface area (Å²) in [5.74, 6) is 0.920. The Morgan fingerprint density at radius 3 is 2.35 bits per heavy atom. The van der Waals surface area contributed by atoms with E-state index in [4.69, 9.17) is 4.74 Å². The fourth-order valence-electron chi connectivity index (χ4n) is 2.17. The maximum absolute atomic E-state index is 5.45. The second-order valence-electron chi connectivity index (χ2n) is 5.44. The van der Waals surface area contributed by atoms with Crippen molar-refractivity contribution in [2.24, 2.45) is 0 Å². The van der Waals surface area contributed by atoms with Crippen molar-refractivity contribution in [3.63, 3.8) is 0 Å². The van der Waals surface area contributed by atoms with Crippen LogP contribution in [0.15, 0.2) is 42.5 Å². The first-order valence-corrected chi connectivity index (χ1v) is 7.07. The maximum atomic E-state index is 5.45. The molecule has 0 aliphatic heterocycles. The molecule has 0 unspecified atom stereocenters. The molecule has 0 bridgehead atoms. The molecule has 0 aliphatic rings. The molecule has 0 spiro atoms. The molecule has 2 aromatic carbocycles. The number of methoxy groups -OCH3 is 1. The van der Waals surface area contributed by atoms with Crippen molar-refractivity contribution in [2.45, 2.75) is 33.4 Å². The van der Waals surface area contributed by atoms with E-state index in [0.29, 0.717) is 6.04 Å². The molecule has 1 N–H and O–H groups in total. The average molecular weight is 269 g/mol. The Morgan fingerprint density at radius 2 is 1.75 bits per heavy atom. The number of nitrogens with one attached hydrogen (secondary N) is 1. The number of ether oxygens (including phenoxy) is 1. The summed E-state index contributed by atoms with van der Waals surface area (Å²) in [6.07, 6.45) is 0. The zero-order valence-electron chi connectivity index (χ0n) is 12.7. The van der Waals surface area contributed by atoms with Gasteiger partial charge >= 0.3 is 0 Å². The quantitative estimate of drug-likeness (QED) is 0.879. The molecular formula is C18H23NO. The van der Waals surface area contributed by atoms with Crippen molar-refractivity contribution < 1.29 is 4.74 Å². The third-order valence-electron chi connectivity index (χ3n) is 3.33. The fraction of sp³-hybridized carbons (Fsp3) is 0.333. The van der Waals surface area contributed by atoms with Crippen molar-refractivity contribution in [1.29, 1.82) is 0 Å². The first kappa shape index (κ1) is 14.6. The third kappa shape index (κ3) is 3.61. The van der Waals surface area contributed by atoms with Gasteiger partial charge in [-0.25, -0.2) is 0 Å². The summed E-state index contributed by atoms with van der Waals surface area (Å²) in [5, 5.41) is 3.43. The predicted octanol–water partition coefficient (Wildman–Crippen LogP) is 4.17. The van der Waals surface area contributed by atoms with E-state index in [1.807, 2.05) is 6.07 Å². The Bertz CT molecular complexity index is 558. The highest BCUT2D eigenvalue weighted by atomic mass is 16.5. The molecule has 106 valence electrons. The van der Waals surface area contributed by atoms with Gasteiger partial charge in [-0.2, -0.15) is 0 Å². The molecule has 2 aromatic rings. The van der Waals surface area contributed by atoms with Gasteiger partial charge in [0.1, 0.15) is 5.75 Å². The Hall–Kier alpha value is -1.80. The zero-order valence-corrected chi connectivity index (χ0v) is 12.7. The summed E-state index contributed by atoms with van der Waals surface area (Å²) in [6, 6.07) is 15.4. The van der Waals surface area contributed by atoms with Crippen LogP contribution in [0, 0.1) is 6.92 Å². The van der Waals surface area contributed by atoms with Crippen LogP contribution in [0.1, 0.15) is 25.0 Å². The van der Waals surface area contributed by atoms with Gasteiger partial charge in [-0.05, 0) is 30.2 Å². The van der Waals surface area contributed by atoms with E-state index in [-0.39, 0.29) is 0 Å². The van der Waals surface area contributed by atoms with Gasteiger partial charge in [0.15, 0.2) is 0 Å². The van der Waals surface area contributed by atoms with Crippen LogP contribution >= 0.6 is 0 Å². The standard InChI is InChI=1S/C18H23NO/c1-13(2)19-12-15-6-8-16(9-7-15)17-11-14(3)5-10-18(17)20-4/h5-11,13,19H,12H2,1-4H3.